The zero-order chi connectivity index (χ0) is 22.0. The molecule has 0 atom stereocenters. The van der Waals surface area contributed by atoms with Crippen LogP contribution in [-0.4, -0.2) is 23.0 Å². The molecule has 31 heavy (non-hydrogen) atoms. The molecule has 3 N–H and O–H groups in total. The van der Waals surface area contributed by atoms with Gasteiger partial charge in [0.1, 0.15) is 0 Å². The molecule has 1 saturated carbocycles. The Labute approximate surface area is 177 Å². The van der Waals surface area contributed by atoms with Crippen LogP contribution in [0.15, 0.2) is 48.7 Å². The first-order valence-corrected chi connectivity index (χ1v) is 10.1. The van der Waals surface area contributed by atoms with Crippen molar-refractivity contribution in [2.75, 3.05) is 5.32 Å². The number of anilines is 1. The number of carbonyl (C=O) groups is 1. The lowest BCUT2D eigenvalue weighted by molar-refractivity contribution is -0.137. The van der Waals surface area contributed by atoms with Gasteiger partial charge in [-0.15, -0.1) is 0 Å². The molecule has 1 fully saturated rings. The van der Waals surface area contributed by atoms with Gasteiger partial charge in [0.25, 0.3) is 5.91 Å². The Morgan fingerprint density at radius 2 is 1.81 bits per heavy atom. The number of aromatic nitrogens is 1. The molecule has 0 aliphatic heterocycles. The van der Waals surface area contributed by atoms with Crippen LogP contribution in [0.1, 0.15) is 47.2 Å². The maximum absolute atomic E-state index is 13.2. The van der Waals surface area contributed by atoms with E-state index in [1.165, 1.54) is 12.1 Å². The van der Waals surface area contributed by atoms with E-state index in [1.807, 2.05) is 18.2 Å². The van der Waals surface area contributed by atoms with Gasteiger partial charge < -0.3 is 15.6 Å². The molecule has 0 radical (unpaired) electrons. The van der Waals surface area contributed by atoms with Crippen LogP contribution in [0.4, 0.5) is 18.9 Å². The van der Waals surface area contributed by atoms with E-state index >= 15 is 0 Å². The molecule has 4 rings (SSSR count). The monoisotopic (exact) mass is 426 g/mol. The van der Waals surface area contributed by atoms with Crippen LogP contribution in [0.3, 0.4) is 0 Å². The summed E-state index contributed by atoms with van der Waals surface area (Å²) in [5.41, 5.74) is 0.553. The van der Waals surface area contributed by atoms with Gasteiger partial charge in [0, 0.05) is 40.4 Å². The second-order valence-electron chi connectivity index (χ2n) is 7.78. The fraction of sp³-hybridized carbons (Fsp3) is 0.304. The minimum Gasteiger partial charge on any atom is -0.382 e. The molecular weight excluding hydrogens is 405 g/mol. The highest BCUT2D eigenvalue weighted by atomic mass is 19.4. The van der Waals surface area contributed by atoms with E-state index < -0.39 is 11.7 Å². The van der Waals surface area contributed by atoms with Gasteiger partial charge in [-0.2, -0.15) is 18.4 Å². The quantitative estimate of drug-likeness (QED) is 0.536. The molecule has 5 nitrogen and oxygen atoms in total. The number of benzene rings is 2. The van der Waals surface area contributed by atoms with Crippen molar-refractivity contribution in [2.45, 2.75) is 43.9 Å². The first-order chi connectivity index (χ1) is 14.8. The third-order valence-electron chi connectivity index (χ3n) is 5.72. The molecule has 1 aliphatic carbocycles. The average Bonchev–Trinajstić information content (AvgIpc) is 3.23. The van der Waals surface area contributed by atoms with Crippen molar-refractivity contribution in [3.8, 4) is 6.07 Å². The van der Waals surface area contributed by atoms with Crippen LogP contribution in [0.25, 0.3) is 10.9 Å². The molecule has 3 aromatic rings. The van der Waals surface area contributed by atoms with E-state index in [1.54, 1.807) is 18.3 Å². The lowest BCUT2D eigenvalue weighted by Gasteiger charge is -2.30. The largest absolute Gasteiger partial charge is 0.417 e. The second-order valence-corrected chi connectivity index (χ2v) is 7.78. The van der Waals surface area contributed by atoms with Crippen LogP contribution in [0, 0.1) is 11.3 Å². The van der Waals surface area contributed by atoms with E-state index in [0.29, 0.717) is 11.3 Å². The van der Waals surface area contributed by atoms with Gasteiger partial charge in [-0.25, -0.2) is 0 Å². The van der Waals surface area contributed by atoms with Gasteiger partial charge in [-0.05, 0) is 62.1 Å². The number of nitriles is 1. The first kappa shape index (κ1) is 20.8. The fourth-order valence-electron chi connectivity index (χ4n) is 4.13. The van der Waals surface area contributed by atoms with Crippen molar-refractivity contribution in [3.63, 3.8) is 0 Å². The minimum absolute atomic E-state index is 0.00952. The molecule has 0 spiro atoms. The van der Waals surface area contributed by atoms with E-state index in [0.717, 1.165) is 42.7 Å². The summed E-state index contributed by atoms with van der Waals surface area (Å²) in [5, 5.41) is 16.0. The summed E-state index contributed by atoms with van der Waals surface area (Å²) in [6.07, 6.45) is 0.129. The molecule has 1 amide bonds. The highest BCUT2D eigenvalue weighted by molar-refractivity contribution is 6.06. The summed E-state index contributed by atoms with van der Waals surface area (Å²) in [4.78, 5) is 15.8. The lowest BCUT2D eigenvalue weighted by Crippen LogP contribution is -2.40. The molecule has 1 aromatic heterocycles. The number of alkyl halides is 3. The van der Waals surface area contributed by atoms with Crippen molar-refractivity contribution >= 4 is 22.5 Å². The summed E-state index contributed by atoms with van der Waals surface area (Å²) in [6, 6.07) is 12.7. The molecule has 2 aromatic carbocycles. The summed E-state index contributed by atoms with van der Waals surface area (Å²) >= 11 is 0. The van der Waals surface area contributed by atoms with Crippen molar-refractivity contribution in [1.29, 1.82) is 5.26 Å². The Kier molecular flexibility index (Phi) is 5.59. The smallest absolute Gasteiger partial charge is 0.382 e. The molecule has 0 bridgehead atoms. The van der Waals surface area contributed by atoms with Crippen molar-refractivity contribution in [1.82, 2.24) is 10.3 Å². The third kappa shape index (κ3) is 4.50. The average molecular weight is 426 g/mol. The van der Waals surface area contributed by atoms with Crippen molar-refractivity contribution in [2.24, 2.45) is 0 Å². The Balaban J connectivity index is 1.36. The summed E-state index contributed by atoms with van der Waals surface area (Å²) < 4.78 is 39.5. The third-order valence-corrected chi connectivity index (χ3v) is 5.72. The zero-order valence-electron chi connectivity index (χ0n) is 16.6. The molecule has 8 heteroatoms. The van der Waals surface area contributed by atoms with E-state index in [2.05, 4.69) is 15.6 Å². The number of halogens is 3. The standard InChI is InChI=1S/C23H21F3N4O/c24-23(25,26)20-12-17(5-4-14(20)13-27)29-15-6-8-16(9-7-15)30-22(31)19-2-1-3-21-18(19)10-11-28-21/h1-5,10-12,15-16,28-29H,6-9H2,(H,30,31). The number of nitrogens with one attached hydrogen (secondary N) is 3. The van der Waals surface area contributed by atoms with Crippen LogP contribution in [-0.2, 0) is 6.18 Å². The van der Waals surface area contributed by atoms with Crippen LogP contribution >= 0.6 is 0 Å². The van der Waals surface area contributed by atoms with E-state index in [-0.39, 0.29) is 23.6 Å². The van der Waals surface area contributed by atoms with Gasteiger partial charge in [0.15, 0.2) is 0 Å². The number of hydrogen-bond acceptors (Lipinski definition) is 3. The van der Waals surface area contributed by atoms with Crippen molar-refractivity contribution in [3.05, 3.63) is 65.4 Å². The number of H-pyrrole nitrogens is 1. The zero-order valence-corrected chi connectivity index (χ0v) is 16.6. The SMILES string of the molecule is N#Cc1ccc(NC2CCC(NC(=O)c3cccc4[nH]ccc34)CC2)cc1C(F)(F)F. The second kappa shape index (κ2) is 8.34. The number of hydrogen-bond donors (Lipinski definition) is 3. The predicted octanol–water partition coefficient (Wildman–Crippen LogP) is 5.21. The van der Waals surface area contributed by atoms with Crippen LogP contribution in [0.5, 0.6) is 0 Å². The summed E-state index contributed by atoms with van der Waals surface area (Å²) in [7, 11) is 0. The van der Waals surface area contributed by atoms with Crippen LogP contribution < -0.4 is 10.6 Å². The van der Waals surface area contributed by atoms with Crippen LogP contribution in [0.2, 0.25) is 0 Å². The number of amides is 1. The van der Waals surface area contributed by atoms with Gasteiger partial charge >= 0.3 is 6.18 Å². The topological polar surface area (TPSA) is 80.7 Å². The minimum atomic E-state index is -4.58. The van der Waals surface area contributed by atoms with Crippen molar-refractivity contribution < 1.29 is 18.0 Å². The molecular formula is C23H21F3N4O. The Hall–Kier alpha value is -3.47. The predicted molar refractivity (Wildman–Crippen MR) is 112 cm³/mol. The summed E-state index contributed by atoms with van der Waals surface area (Å²) in [6.45, 7) is 0. The van der Waals surface area contributed by atoms with E-state index in [4.69, 9.17) is 5.26 Å². The van der Waals surface area contributed by atoms with Gasteiger partial charge in [-0.1, -0.05) is 6.07 Å². The maximum atomic E-state index is 13.2. The highest BCUT2D eigenvalue weighted by Gasteiger charge is 2.34. The molecule has 1 aliphatic rings. The Morgan fingerprint density at radius 1 is 1.06 bits per heavy atom. The number of carbonyl (C=O) groups excluding carboxylic acids is 1. The fourth-order valence-corrected chi connectivity index (χ4v) is 4.13. The first-order valence-electron chi connectivity index (χ1n) is 10.1. The molecule has 0 unspecified atom stereocenters. The summed E-state index contributed by atoms with van der Waals surface area (Å²) in [5.74, 6) is -0.122. The molecule has 0 saturated heterocycles. The van der Waals surface area contributed by atoms with Gasteiger partial charge in [0.2, 0.25) is 0 Å². The Morgan fingerprint density at radius 3 is 2.52 bits per heavy atom. The number of nitrogens with zero attached hydrogens (tertiary/aromatic N) is 1. The highest BCUT2D eigenvalue weighted by Crippen LogP contribution is 2.34. The molecule has 1 heterocycles. The number of fused-ring (bicyclic) bond motifs is 1. The normalized spacial score (nSPS) is 19.0. The van der Waals surface area contributed by atoms with Gasteiger partial charge in [-0.3, -0.25) is 4.79 Å². The lowest BCUT2D eigenvalue weighted by atomic mass is 9.90. The number of aromatic amines is 1. The Bertz CT molecular complexity index is 1140. The van der Waals surface area contributed by atoms with E-state index in [9.17, 15) is 18.0 Å². The molecule has 160 valence electrons. The maximum Gasteiger partial charge on any atom is 0.417 e. The van der Waals surface area contributed by atoms with Gasteiger partial charge in [0.05, 0.1) is 17.2 Å². The number of rotatable bonds is 4.